The van der Waals surface area contributed by atoms with E-state index < -0.39 is 23.5 Å². The van der Waals surface area contributed by atoms with Crippen molar-refractivity contribution in [3.63, 3.8) is 0 Å². The SMILES string of the molecule is COC(=O)C1=C(C(C)C)OC(c2ccccc2)(c2ccccc2)C1COC(C)=O. The maximum atomic E-state index is 12.8. The Balaban J connectivity index is 2.28. The number of benzene rings is 2. The molecule has 2 aromatic rings. The van der Waals surface area contributed by atoms with Gasteiger partial charge in [-0.05, 0) is 0 Å². The summed E-state index contributed by atoms with van der Waals surface area (Å²) in [4.78, 5) is 24.5. The average Bonchev–Trinajstić information content (AvgIpc) is 3.09. The Labute approximate surface area is 171 Å². The predicted molar refractivity (Wildman–Crippen MR) is 109 cm³/mol. The van der Waals surface area contributed by atoms with E-state index in [1.807, 2.05) is 74.5 Å². The summed E-state index contributed by atoms with van der Waals surface area (Å²) in [6, 6.07) is 19.4. The summed E-state index contributed by atoms with van der Waals surface area (Å²) in [5.74, 6) is -0.942. The largest absolute Gasteiger partial charge is 0.481 e. The number of allylic oxidation sites excluding steroid dienone is 1. The van der Waals surface area contributed by atoms with E-state index in [-0.39, 0.29) is 12.5 Å². The number of hydrogen-bond acceptors (Lipinski definition) is 5. The van der Waals surface area contributed by atoms with Crippen molar-refractivity contribution in [1.82, 2.24) is 0 Å². The molecule has 0 aromatic heterocycles. The molecule has 0 spiro atoms. The summed E-state index contributed by atoms with van der Waals surface area (Å²) in [6.45, 7) is 5.29. The van der Waals surface area contributed by atoms with Crippen LogP contribution in [0.15, 0.2) is 72.0 Å². The van der Waals surface area contributed by atoms with Crippen LogP contribution in [0.2, 0.25) is 0 Å². The van der Waals surface area contributed by atoms with Gasteiger partial charge in [-0.1, -0.05) is 74.5 Å². The molecular weight excluding hydrogens is 368 g/mol. The van der Waals surface area contributed by atoms with Gasteiger partial charge in [0.15, 0.2) is 5.60 Å². The van der Waals surface area contributed by atoms with Gasteiger partial charge in [-0.25, -0.2) is 4.79 Å². The van der Waals surface area contributed by atoms with Crippen molar-refractivity contribution in [2.45, 2.75) is 26.4 Å². The first kappa shape index (κ1) is 20.6. The zero-order chi connectivity index (χ0) is 21.0. The lowest BCUT2D eigenvalue weighted by Crippen LogP contribution is -2.39. The van der Waals surface area contributed by atoms with E-state index in [4.69, 9.17) is 14.2 Å². The third-order valence-corrected chi connectivity index (χ3v) is 5.16. The van der Waals surface area contributed by atoms with E-state index in [9.17, 15) is 9.59 Å². The van der Waals surface area contributed by atoms with Gasteiger partial charge in [-0.15, -0.1) is 0 Å². The fraction of sp³-hybridized carbons (Fsp3) is 0.333. The van der Waals surface area contributed by atoms with Crippen LogP contribution in [0.4, 0.5) is 0 Å². The van der Waals surface area contributed by atoms with Crippen LogP contribution in [0.25, 0.3) is 0 Å². The molecule has 0 saturated heterocycles. The Morgan fingerprint density at radius 2 is 1.52 bits per heavy atom. The molecule has 0 fully saturated rings. The molecule has 0 radical (unpaired) electrons. The maximum absolute atomic E-state index is 12.8. The summed E-state index contributed by atoms with van der Waals surface area (Å²) in [5.41, 5.74) is 1.15. The topological polar surface area (TPSA) is 61.8 Å². The van der Waals surface area contributed by atoms with Crippen molar-refractivity contribution < 1.29 is 23.8 Å². The van der Waals surface area contributed by atoms with E-state index in [0.29, 0.717) is 11.3 Å². The standard InChI is InChI=1S/C24H26O5/c1-16(2)22-21(23(26)27-4)20(15-28-17(3)25)24(29-22,18-11-7-5-8-12-18)19-13-9-6-10-14-19/h5-14,16,20H,15H2,1-4H3. The summed E-state index contributed by atoms with van der Waals surface area (Å²) >= 11 is 0. The zero-order valence-electron chi connectivity index (χ0n) is 17.2. The number of carbonyl (C=O) groups is 2. The van der Waals surface area contributed by atoms with Crippen LogP contribution < -0.4 is 0 Å². The Morgan fingerprint density at radius 1 is 1.00 bits per heavy atom. The number of ether oxygens (including phenoxy) is 3. The van der Waals surface area contributed by atoms with Crippen LogP contribution >= 0.6 is 0 Å². The molecule has 5 heteroatoms. The highest BCUT2D eigenvalue weighted by molar-refractivity contribution is 5.91. The van der Waals surface area contributed by atoms with Crippen LogP contribution in [-0.4, -0.2) is 25.7 Å². The Morgan fingerprint density at radius 3 is 1.93 bits per heavy atom. The lowest BCUT2D eigenvalue weighted by atomic mass is 9.74. The fourth-order valence-corrected chi connectivity index (χ4v) is 3.92. The van der Waals surface area contributed by atoms with Gasteiger partial charge in [0.1, 0.15) is 12.4 Å². The summed E-state index contributed by atoms with van der Waals surface area (Å²) in [6.07, 6.45) is 0. The van der Waals surface area contributed by atoms with Gasteiger partial charge in [0.25, 0.3) is 0 Å². The molecular formula is C24H26O5. The second kappa shape index (κ2) is 8.52. The highest BCUT2D eigenvalue weighted by Crippen LogP contribution is 2.52. The predicted octanol–water partition coefficient (Wildman–Crippen LogP) is 4.22. The molecule has 0 aliphatic carbocycles. The van der Waals surface area contributed by atoms with E-state index in [1.54, 1.807) is 0 Å². The van der Waals surface area contributed by atoms with Crippen molar-refractivity contribution in [3.05, 3.63) is 83.1 Å². The lowest BCUT2D eigenvalue weighted by Gasteiger charge is -2.37. The fourth-order valence-electron chi connectivity index (χ4n) is 3.92. The van der Waals surface area contributed by atoms with Crippen LogP contribution in [0.5, 0.6) is 0 Å². The molecule has 3 rings (SSSR count). The molecule has 0 amide bonds. The van der Waals surface area contributed by atoms with Gasteiger partial charge in [-0.3, -0.25) is 4.79 Å². The normalized spacial score (nSPS) is 17.8. The monoisotopic (exact) mass is 394 g/mol. The second-order valence-electron chi connectivity index (χ2n) is 7.35. The molecule has 0 N–H and O–H groups in total. The minimum atomic E-state index is -1.01. The number of carbonyl (C=O) groups excluding carboxylic acids is 2. The van der Waals surface area contributed by atoms with Gasteiger partial charge in [0, 0.05) is 24.0 Å². The highest BCUT2D eigenvalue weighted by atomic mass is 16.5. The first-order valence-corrected chi connectivity index (χ1v) is 9.67. The third kappa shape index (κ3) is 3.77. The zero-order valence-corrected chi connectivity index (χ0v) is 17.2. The number of methoxy groups -OCH3 is 1. The molecule has 152 valence electrons. The smallest absolute Gasteiger partial charge is 0.337 e. The molecule has 1 aliphatic rings. The summed E-state index contributed by atoms with van der Waals surface area (Å²) < 4.78 is 17.2. The van der Waals surface area contributed by atoms with E-state index in [2.05, 4.69) is 0 Å². The van der Waals surface area contributed by atoms with Crippen molar-refractivity contribution in [3.8, 4) is 0 Å². The van der Waals surface area contributed by atoms with Crippen molar-refractivity contribution >= 4 is 11.9 Å². The first-order chi connectivity index (χ1) is 13.9. The quantitative estimate of drug-likeness (QED) is 0.687. The lowest BCUT2D eigenvalue weighted by molar-refractivity contribution is -0.145. The van der Waals surface area contributed by atoms with Crippen molar-refractivity contribution in [2.75, 3.05) is 13.7 Å². The highest BCUT2D eigenvalue weighted by Gasteiger charge is 2.55. The molecule has 1 aliphatic heterocycles. The Hall–Kier alpha value is -3.08. The molecule has 2 aromatic carbocycles. The summed E-state index contributed by atoms with van der Waals surface area (Å²) in [7, 11) is 1.35. The first-order valence-electron chi connectivity index (χ1n) is 9.67. The van der Waals surface area contributed by atoms with E-state index >= 15 is 0 Å². The molecule has 0 saturated carbocycles. The molecule has 5 nitrogen and oxygen atoms in total. The van der Waals surface area contributed by atoms with Gasteiger partial charge < -0.3 is 14.2 Å². The molecule has 0 bridgehead atoms. The number of esters is 2. The van der Waals surface area contributed by atoms with Gasteiger partial charge in [-0.2, -0.15) is 0 Å². The van der Waals surface area contributed by atoms with Gasteiger partial charge in [0.05, 0.1) is 18.6 Å². The minimum Gasteiger partial charge on any atom is -0.481 e. The van der Waals surface area contributed by atoms with E-state index in [0.717, 1.165) is 11.1 Å². The van der Waals surface area contributed by atoms with Gasteiger partial charge >= 0.3 is 11.9 Å². The maximum Gasteiger partial charge on any atom is 0.337 e. The second-order valence-corrected chi connectivity index (χ2v) is 7.35. The van der Waals surface area contributed by atoms with Crippen LogP contribution in [-0.2, 0) is 29.4 Å². The average molecular weight is 394 g/mol. The van der Waals surface area contributed by atoms with Crippen LogP contribution in [0.1, 0.15) is 31.9 Å². The van der Waals surface area contributed by atoms with Crippen molar-refractivity contribution in [1.29, 1.82) is 0 Å². The van der Waals surface area contributed by atoms with E-state index in [1.165, 1.54) is 14.0 Å². The molecule has 29 heavy (non-hydrogen) atoms. The number of hydrogen-bond donors (Lipinski definition) is 0. The molecule has 1 heterocycles. The summed E-state index contributed by atoms with van der Waals surface area (Å²) in [5, 5.41) is 0. The Kier molecular flexibility index (Phi) is 6.06. The van der Waals surface area contributed by atoms with Gasteiger partial charge in [0.2, 0.25) is 0 Å². The number of rotatable bonds is 6. The molecule has 1 unspecified atom stereocenters. The minimum absolute atomic E-state index is 0.000223. The molecule has 1 atom stereocenters. The van der Waals surface area contributed by atoms with Crippen LogP contribution in [0.3, 0.4) is 0 Å². The third-order valence-electron chi connectivity index (χ3n) is 5.16. The van der Waals surface area contributed by atoms with Crippen molar-refractivity contribution in [2.24, 2.45) is 11.8 Å². The van der Waals surface area contributed by atoms with Crippen LogP contribution in [0, 0.1) is 11.8 Å². The Bertz CT molecular complexity index is 860.